The molecule has 12 nitrogen and oxygen atoms in total. The molecule has 0 saturated heterocycles. The van der Waals surface area contributed by atoms with Crippen molar-refractivity contribution in [1.29, 1.82) is 0 Å². The second kappa shape index (κ2) is 18.3. The van der Waals surface area contributed by atoms with E-state index in [0.717, 1.165) is 0 Å². The van der Waals surface area contributed by atoms with Crippen LogP contribution >= 0.6 is 0 Å². The molecule has 0 amide bonds. The smallest absolute Gasteiger partial charge is 0.341 e. The average molecular weight is 655 g/mol. The van der Waals surface area contributed by atoms with Crippen molar-refractivity contribution in [2.45, 2.75) is 27.7 Å². The first-order valence-corrected chi connectivity index (χ1v) is 14.5. The van der Waals surface area contributed by atoms with Crippen LogP contribution in [0, 0.1) is 5.41 Å². The summed E-state index contributed by atoms with van der Waals surface area (Å²) in [6, 6.07) is 9.71. The topological polar surface area (TPSA) is 142 Å². The Kier molecular flexibility index (Phi) is 14.9. The minimum absolute atomic E-state index is 0.0242. The predicted molar refractivity (Wildman–Crippen MR) is 172 cm³/mol. The molecule has 0 aliphatic heterocycles. The minimum atomic E-state index is -0.983. The standard InChI is InChI=1S/C35H42O12/c1-22(2)31(36)44-16-14-42-27-12-10-25(18-29(27)46-33(38)24(5)20-40-8)26-11-13-28(43-15-17-45-32(37)23(3)4)30(19-26)47-34(39)35(6,7)21-41-9/h10-13,18-19H,1,3,5,14-17,20-21H2,2,4,6-9H3. The van der Waals surface area contributed by atoms with Gasteiger partial charge in [-0.3, -0.25) is 4.79 Å². The molecule has 0 fully saturated rings. The number of benzene rings is 2. The fourth-order valence-electron chi connectivity index (χ4n) is 3.65. The van der Waals surface area contributed by atoms with Crippen molar-refractivity contribution >= 4 is 23.9 Å². The summed E-state index contributed by atoms with van der Waals surface area (Å²) in [7, 11) is 2.90. The van der Waals surface area contributed by atoms with Crippen LogP contribution in [-0.4, -0.2) is 77.7 Å². The SMILES string of the molecule is C=C(C)C(=O)OCCOc1ccc(-c2ccc(OCCOC(=O)C(=C)C)c(OC(=O)C(C)(C)COC)c2)cc1OC(=O)C(=C)COC. The summed E-state index contributed by atoms with van der Waals surface area (Å²) in [5.41, 5.74) is 0.705. The molecule has 0 aliphatic rings. The molecule has 0 unspecified atom stereocenters. The normalized spacial score (nSPS) is 10.8. The van der Waals surface area contributed by atoms with Crippen molar-refractivity contribution in [3.63, 3.8) is 0 Å². The predicted octanol–water partition coefficient (Wildman–Crippen LogP) is 5.04. The molecule has 47 heavy (non-hydrogen) atoms. The highest BCUT2D eigenvalue weighted by Gasteiger charge is 2.31. The molecule has 0 bridgehead atoms. The first-order valence-electron chi connectivity index (χ1n) is 14.5. The number of esters is 4. The molecule has 0 aromatic heterocycles. The summed E-state index contributed by atoms with van der Waals surface area (Å²) in [5, 5.41) is 0. The van der Waals surface area contributed by atoms with Gasteiger partial charge in [0.2, 0.25) is 0 Å². The lowest BCUT2D eigenvalue weighted by Gasteiger charge is -2.22. The number of methoxy groups -OCH3 is 2. The monoisotopic (exact) mass is 654 g/mol. The zero-order chi connectivity index (χ0) is 35.1. The quantitative estimate of drug-likeness (QED) is 0.0867. The molecule has 0 atom stereocenters. The molecule has 12 heteroatoms. The Morgan fingerprint density at radius 1 is 0.638 bits per heavy atom. The zero-order valence-corrected chi connectivity index (χ0v) is 27.7. The Morgan fingerprint density at radius 2 is 1.11 bits per heavy atom. The highest BCUT2D eigenvalue weighted by atomic mass is 16.6. The van der Waals surface area contributed by atoms with Crippen LogP contribution in [0.1, 0.15) is 27.7 Å². The first kappa shape index (κ1) is 38.2. The summed E-state index contributed by atoms with van der Waals surface area (Å²) < 4.78 is 43.2. The molecule has 254 valence electrons. The van der Waals surface area contributed by atoms with Gasteiger partial charge in [0, 0.05) is 25.4 Å². The van der Waals surface area contributed by atoms with E-state index in [4.69, 9.17) is 37.9 Å². The van der Waals surface area contributed by atoms with E-state index in [1.807, 2.05) is 0 Å². The van der Waals surface area contributed by atoms with Crippen LogP contribution in [0.2, 0.25) is 0 Å². The number of ether oxygens (including phenoxy) is 8. The van der Waals surface area contributed by atoms with Gasteiger partial charge in [-0.25, -0.2) is 14.4 Å². The van der Waals surface area contributed by atoms with Crippen molar-refractivity contribution in [2.75, 3.05) is 53.9 Å². The third kappa shape index (κ3) is 12.1. The maximum absolute atomic E-state index is 13.1. The number of hydrogen-bond acceptors (Lipinski definition) is 12. The Hall–Kier alpha value is -4.94. The second-order valence-corrected chi connectivity index (χ2v) is 11.0. The van der Waals surface area contributed by atoms with E-state index in [0.29, 0.717) is 11.1 Å². The lowest BCUT2D eigenvalue weighted by Crippen LogP contribution is -2.33. The number of carbonyl (C=O) groups excluding carboxylic acids is 4. The minimum Gasteiger partial charge on any atom is -0.486 e. The number of rotatable bonds is 19. The summed E-state index contributed by atoms with van der Waals surface area (Å²) >= 11 is 0. The zero-order valence-electron chi connectivity index (χ0n) is 27.7. The molecule has 0 aliphatic carbocycles. The van der Waals surface area contributed by atoms with Crippen LogP contribution < -0.4 is 18.9 Å². The largest absolute Gasteiger partial charge is 0.486 e. The maximum atomic E-state index is 13.1. The molecule has 0 heterocycles. The summed E-state index contributed by atoms with van der Waals surface area (Å²) in [6.45, 7) is 17.0. The molecular formula is C35H42O12. The maximum Gasteiger partial charge on any atom is 0.341 e. The second-order valence-electron chi connectivity index (χ2n) is 11.0. The van der Waals surface area contributed by atoms with Crippen molar-refractivity contribution in [2.24, 2.45) is 5.41 Å². The van der Waals surface area contributed by atoms with Crippen molar-refractivity contribution < 1.29 is 57.1 Å². The molecule has 0 spiro atoms. The molecular weight excluding hydrogens is 612 g/mol. The third-order valence-electron chi connectivity index (χ3n) is 6.14. The average Bonchev–Trinajstić information content (AvgIpc) is 3.02. The highest BCUT2D eigenvalue weighted by Crippen LogP contribution is 2.38. The van der Waals surface area contributed by atoms with Crippen LogP contribution in [0.15, 0.2) is 72.9 Å². The van der Waals surface area contributed by atoms with Gasteiger partial charge in [-0.05, 0) is 63.1 Å². The van der Waals surface area contributed by atoms with Crippen LogP contribution in [0.3, 0.4) is 0 Å². The van der Waals surface area contributed by atoms with Crippen LogP contribution in [0.25, 0.3) is 11.1 Å². The van der Waals surface area contributed by atoms with Crippen LogP contribution in [0.4, 0.5) is 0 Å². The van der Waals surface area contributed by atoms with Gasteiger partial charge in [0.15, 0.2) is 23.0 Å². The summed E-state index contributed by atoms with van der Waals surface area (Å²) in [4.78, 5) is 49.2. The van der Waals surface area contributed by atoms with E-state index in [1.165, 1.54) is 28.1 Å². The van der Waals surface area contributed by atoms with E-state index in [9.17, 15) is 19.2 Å². The van der Waals surface area contributed by atoms with E-state index in [1.54, 1.807) is 50.2 Å². The van der Waals surface area contributed by atoms with Crippen LogP contribution in [0.5, 0.6) is 23.0 Å². The van der Waals surface area contributed by atoms with E-state index in [-0.39, 0.29) is 79.4 Å². The van der Waals surface area contributed by atoms with Gasteiger partial charge in [-0.15, -0.1) is 0 Å². The molecule has 0 N–H and O–H groups in total. The van der Waals surface area contributed by atoms with Gasteiger partial charge in [0.1, 0.15) is 26.4 Å². The van der Waals surface area contributed by atoms with Crippen molar-refractivity contribution in [3.05, 3.63) is 72.9 Å². The van der Waals surface area contributed by atoms with E-state index < -0.39 is 29.3 Å². The number of hydrogen-bond donors (Lipinski definition) is 0. The van der Waals surface area contributed by atoms with Gasteiger partial charge in [-0.2, -0.15) is 0 Å². The Balaban J connectivity index is 2.44. The molecule has 0 radical (unpaired) electrons. The molecule has 0 saturated carbocycles. The fraction of sp³-hybridized carbons (Fsp3) is 0.371. The van der Waals surface area contributed by atoms with Gasteiger partial charge in [-0.1, -0.05) is 31.9 Å². The lowest BCUT2D eigenvalue weighted by atomic mass is 9.95. The fourth-order valence-corrected chi connectivity index (χ4v) is 3.65. The third-order valence-corrected chi connectivity index (χ3v) is 6.14. The van der Waals surface area contributed by atoms with Crippen LogP contribution in [-0.2, 0) is 38.1 Å². The highest BCUT2D eigenvalue weighted by molar-refractivity contribution is 5.90. The van der Waals surface area contributed by atoms with Gasteiger partial charge < -0.3 is 37.9 Å². The summed E-state index contributed by atoms with van der Waals surface area (Å²) in [5.74, 6) is -1.88. The Bertz CT molecular complexity index is 1490. The van der Waals surface area contributed by atoms with E-state index in [2.05, 4.69) is 19.7 Å². The Morgan fingerprint density at radius 3 is 1.53 bits per heavy atom. The first-order chi connectivity index (χ1) is 22.2. The van der Waals surface area contributed by atoms with Gasteiger partial charge >= 0.3 is 23.9 Å². The van der Waals surface area contributed by atoms with E-state index >= 15 is 0 Å². The van der Waals surface area contributed by atoms with Gasteiger partial charge in [0.25, 0.3) is 0 Å². The Labute approximate surface area is 274 Å². The molecule has 2 rings (SSSR count). The van der Waals surface area contributed by atoms with Gasteiger partial charge in [0.05, 0.1) is 24.2 Å². The number of carbonyl (C=O) groups is 4. The van der Waals surface area contributed by atoms with Crippen molar-refractivity contribution in [1.82, 2.24) is 0 Å². The lowest BCUT2D eigenvalue weighted by molar-refractivity contribution is -0.147. The summed E-state index contributed by atoms with van der Waals surface area (Å²) in [6.07, 6.45) is 0. The molecule has 2 aromatic carbocycles. The van der Waals surface area contributed by atoms with Crippen molar-refractivity contribution in [3.8, 4) is 34.1 Å². The molecule has 2 aromatic rings.